The summed E-state index contributed by atoms with van der Waals surface area (Å²) >= 11 is 0. The average molecular weight is 248 g/mol. The van der Waals surface area contributed by atoms with Crippen molar-refractivity contribution in [3.63, 3.8) is 0 Å². The fraction of sp³-hybridized carbons (Fsp3) is 0.500. The molecule has 4 nitrogen and oxygen atoms in total. The Labute approximate surface area is 108 Å². The first-order valence-corrected chi connectivity index (χ1v) is 6.43. The van der Waals surface area contributed by atoms with E-state index in [4.69, 9.17) is 10.5 Å². The third kappa shape index (κ3) is 3.47. The maximum Gasteiger partial charge on any atom is 0.226 e. The Morgan fingerprint density at radius 3 is 3.00 bits per heavy atom. The maximum absolute atomic E-state index is 11.9. The van der Waals surface area contributed by atoms with Crippen molar-refractivity contribution in [2.75, 3.05) is 17.7 Å². The molecule has 1 saturated heterocycles. The molecule has 1 aromatic carbocycles. The highest BCUT2D eigenvalue weighted by Crippen LogP contribution is 2.19. The zero-order chi connectivity index (χ0) is 13.0. The number of amides is 1. The van der Waals surface area contributed by atoms with Crippen molar-refractivity contribution in [3.05, 3.63) is 23.8 Å². The van der Waals surface area contributed by atoms with Crippen LogP contribution in [-0.4, -0.2) is 18.6 Å². The first kappa shape index (κ1) is 12.9. The Bertz CT molecular complexity index is 426. The van der Waals surface area contributed by atoms with Gasteiger partial charge in [-0.05, 0) is 49.9 Å². The lowest BCUT2D eigenvalue weighted by molar-refractivity contribution is -0.119. The van der Waals surface area contributed by atoms with E-state index in [2.05, 4.69) is 5.32 Å². The van der Waals surface area contributed by atoms with E-state index in [-0.39, 0.29) is 12.0 Å². The molecule has 1 aliphatic heterocycles. The molecule has 0 radical (unpaired) electrons. The minimum absolute atomic E-state index is 0.00562. The van der Waals surface area contributed by atoms with Gasteiger partial charge >= 0.3 is 0 Å². The van der Waals surface area contributed by atoms with Crippen LogP contribution < -0.4 is 11.1 Å². The van der Waals surface area contributed by atoms with Gasteiger partial charge in [-0.15, -0.1) is 0 Å². The van der Waals surface area contributed by atoms with E-state index >= 15 is 0 Å². The van der Waals surface area contributed by atoms with Crippen LogP contribution in [0.15, 0.2) is 18.2 Å². The minimum atomic E-state index is 0.00562. The van der Waals surface area contributed by atoms with Crippen LogP contribution in [0.3, 0.4) is 0 Å². The molecular weight excluding hydrogens is 228 g/mol. The molecule has 1 fully saturated rings. The second-order valence-electron chi connectivity index (χ2n) is 4.81. The summed E-state index contributed by atoms with van der Waals surface area (Å²) in [6.07, 6.45) is 3.75. The fourth-order valence-electron chi connectivity index (χ4n) is 2.14. The predicted molar refractivity (Wildman–Crippen MR) is 72.4 cm³/mol. The third-order valence-electron chi connectivity index (χ3n) is 3.24. The average Bonchev–Trinajstić information content (AvgIpc) is 2.35. The lowest BCUT2D eigenvalue weighted by Crippen LogP contribution is -2.25. The molecule has 1 aromatic rings. The van der Waals surface area contributed by atoms with E-state index in [0.717, 1.165) is 42.8 Å². The van der Waals surface area contributed by atoms with Crippen LogP contribution in [0.2, 0.25) is 0 Å². The van der Waals surface area contributed by atoms with E-state index < -0.39 is 0 Å². The highest BCUT2D eigenvalue weighted by Gasteiger charge is 2.17. The van der Waals surface area contributed by atoms with Crippen molar-refractivity contribution in [2.24, 2.45) is 0 Å². The number of hydrogen-bond acceptors (Lipinski definition) is 3. The van der Waals surface area contributed by atoms with E-state index in [0.29, 0.717) is 6.42 Å². The van der Waals surface area contributed by atoms with E-state index in [1.54, 1.807) is 0 Å². The second-order valence-corrected chi connectivity index (χ2v) is 4.81. The number of aryl methyl sites for hydroxylation is 1. The van der Waals surface area contributed by atoms with Gasteiger partial charge in [0.2, 0.25) is 5.91 Å². The van der Waals surface area contributed by atoms with Crippen LogP contribution in [-0.2, 0) is 9.53 Å². The number of anilines is 2. The van der Waals surface area contributed by atoms with Gasteiger partial charge in [0.05, 0.1) is 12.5 Å². The molecule has 18 heavy (non-hydrogen) atoms. The van der Waals surface area contributed by atoms with Crippen molar-refractivity contribution in [2.45, 2.75) is 38.7 Å². The molecule has 0 saturated carbocycles. The molecule has 1 heterocycles. The Morgan fingerprint density at radius 1 is 1.50 bits per heavy atom. The van der Waals surface area contributed by atoms with Gasteiger partial charge in [0.1, 0.15) is 0 Å². The van der Waals surface area contributed by atoms with Gasteiger partial charge in [-0.25, -0.2) is 0 Å². The summed E-state index contributed by atoms with van der Waals surface area (Å²) in [7, 11) is 0. The summed E-state index contributed by atoms with van der Waals surface area (Å²) in [4.78, 5) is 11.9. The number of carbonyl (C=O) groups is 1. The van der Waals surface area contributed by atoms with Gasteiger partial charge < -0.3 is 15.8 Å². The van der Waals surface area contributed by atoms with Crippen molar-refractivity contribution < 1.29 is 9.53 Å². The summed E-state index contributed by atoms with van der Waals surface area (Å²) in [6.45, 7) is 2.70. The predicted octanol–water partition coefficient (Wildman–Crippen LogP) is 2.47. The van der Waals surface area contributed by atoms with Crippen LogP contribution in [0.1, 0.15) is 31.2 Å². The molecule has 98 valence electrons. The molecule has 0 bridgehead atoms. The molecule has 1 aliphatic rings. The van der Waals surface area contributed by atoms with Crippen LogP contribution in [0.25, 0.3) is 0 Å². The minimum Gasteiger partial charge on any atom is -0.399 e. The van der Waals surface area contributed by atoms with Gasteiger partial charge in [0, 0.05) is 18.0 Å². The van der Waals surface area contributed by atoms with Gasteiger partial charge in [-0.1, -0.05) is 0 Å². The first-order valence-electron chi connectivity index (χ1n) is 6.43. The standard InChI is InChI=1S/C14H20N2O2/c1-10-8-11(5-6-13(10)15)16-14(17)9-12-4-2-3-7-18-12/h5-6,8,12H,2-4,7,9,15H2,1H3,(H,16,17). The topological polar surface area (TPSA) is 64.3 Å². The Balaban J connectivity index is 1.88. The Hall–Kier alpha value is -1.55. The van der Waals surface area contributed by atoms with Gasteiger partial charge in [0.15, 0.2) is 0 Å². The number of benzene rings is 1. The van der Waals surface area contributed by atoms with Crippen molar-refractivity contribution >= 4 is 17.3 Å². The first-order chi connectivity index (χ1) is 8.65. The van der Waals surface area contributed by atoms with E-state index in [1.165, 1.54) is 0 Å². The second kappa shape index (κ2) is 5.87. The Morgan fingerprint density at radius 2 is 2.33 bits per heavy atom. The summed E-state index contributed by atoms with van der Waals surface area (Å²) in [6, 6.07) is 5.51. The number of ether oxygens (including phenoxy) is 1. The summed E-state index contributed by atoms with van der Waals surface area (Å²) in [5.74, 6) is 0.00562. The maximum atomic E-state index is 11.9. The van der Waals surface area contributed by atoms with E-state index in [1.807, 2.05) is 25.1 Å². The molecule has 3 N–H and O–H groups in total. The molecule has 0 aliphatic carbocycles. The van der Waals surface area contributed by atoms with Gasteiger partial charge in [-0.2, -0.15) is 0 Å². The van der Waals surface area contributed by atoms with Crippen LogP contribution in [0.5, 0.6) is 0 Å². The highest BCUT2D eigenvalue weighted by atomic mass is 16.5. The van der Waals surface area contributed by atoms with Crippen LogP contribution in [0, 0.1) is 6.92 Å². The molecule has 2 rings (SSSR count). The van der Waals surface area contributed by atoms with Crippen LogP contribution >= 0.6 is 0 Å². The molecule has 0 aromatic heterocycles. The molecule has 1 atom stereocenters. The number of rotatable bonds is 3. The quantitative estimate of drug-likeness (QED) is 0.808. The Kier molecular flexibility index (Phi) is 4.20. The third-order valence-corrected chi connectivity index (χ3v) is 3.24. The van der Waals surface area contributed by atoms with Crippen LogP contribution in [0.4, 0.5) is 11.4 Å². The summed E-state index contributed by atoms with van der Waals surface area (Å²) in [5, 5.41) is 2.88. The number of nitrogens with one attached hydrogen (secondary N) is 1. The van der Waals surface area contributed by atoms with Crippen molar-refractivity contribution in [1.29, 1.82) is 0 Å². The highest BCUT2D eigenvalue weighted by molar-refractivity contribution is 5.91. The number of hydrogen-bond donors (Lipinski definition) is 2. The summed E-state index contributed by atoms with van der Waals surface area (Å²) < 4.78 is 5.55. The largest absolute Gasteiger partial charge is 0.399 e. The van der Waals surface area contributed by atoms with Gasteiger partial charge in [0.25, 0.3) is 0 Å². The lowest BCUT2D eigenvalue weighted by atomic mass is 10.1. The molecule has 1 unspecified atom stereocenters. The van der Waals surface area contributed by atoms with Gasteiger partial charge in [-0.3, -0.25) is 4.79 Å². The lowest BCUT2D eigenvalue weighted by Gasteiger charge is -2.22. The number of carbonyl (C=O) groups excluding carboxylic acids is 1. The van der Waals surface area contributed by atoms with Crippen molar-refractivity contribution in [1.82, 2.24) is 0 Å². The van der Waals surface area contributed by atoms with Crippen molar-refractivity contribution in [3.8, 4) is 0 Å². The molecule has 1 amide bonds. The summed E-state index contributed by atoms with van der Waals surface area (Å²) in [5.41, 5.74) is 8.24. The number of nitrogen functional groups attached to an aromatic ring is 1. The molecule has 0 spiro atoms. The smallest absolute Gasteiger partial charge is 0.226 e. The van der Waals surface area contributed by atoms with E-state index in [9.17, 15) is 4.79 Å². The monoisotopic (exact) mass is 248 g/mol. The zero-order valence-electron chi connectivity index (χ0n) is 10.7. The number of nitrogens with two attached hydrogens (primary N) is 1. The molecular formula is C14H20N2O2. The fourth-order valence-corrected chi connectivity index (χ4v) is 2.14. The SMILES string of the molecule is Cc1cc(NC(=O)CC2CCCCO2)ccc1N. The molecule has 4 heteroatoms. The zero-order valence-corrected chi connectivity index (χ0v) is 10.7. The normalized spacial score (nSPS) is 19.5.